The molecule has 0 aliphatic carbocycles. The summed E-state index contributed by atoms with van der Waals surface area (Å²) < 4.78 is 10.3. The lowest BCUT2D eigenvalue weighted by molar-refractivity contribution is -0.174. The number of rotatable bonds is 23. The maximum absolute atomic E-state index is 12.2. The van der Waals surface area contributed by atoms with E-state index in [0.29, 0.717) is 13.0 Å². The molecule has 0 heterocycles. The van der Waals surface area contributed by atoms with Crippen molar-refractivity contribution >= 4 is 11.9 Å². The maximum atomic E-state index is 12.2. The fraction of sp³-hybridized carbons (Fsp3) is 0.923. The molecule has 2 atom stereocenters. The second kappa shape index (κ2) is 23.2. The summed E-state index contributed by atoms with van der Waals surface area (Å²) in [5, 5.41) is 18.1. The van der Waals surface area contributed by atoms with Crippen LogP contribution in [-0.4, -0.2) is 47.6 Å². The first-order chi connectivity index (χ1) is 15.6. The molecule has 6 heteroatoms. The average Bonchev–Trinajstić information content (AvgIpc) is 2.79. The summed E-state index contributed by atoms with van der Waals surface area (Å²) in [5.41, 5.74) is 0. The van der Waals surface area contributed by atoms with E-state index in [1.807, 2.05) is 0 Å². The van der Waals surface area contributed by atoms with Crippen LogP contribution in [0.25, 0.3) is 0 Å². The Kier molecular flexibility index (Phi) is 22.5. The van der Waals surface area contributed by atoms with Gasteiger partial charge in [0.1, 0.15) is 0 Å². The minimum atomic E-state index is -1.69. The van der Waals surface area contributed by atoms with Gasteiger partial charge in [-0.3, -0.25) is 0 Å². The third-order valence-corrected chi connectivity index (χ3v) is 5.80. The van der Waals surface area contributed by atoms with Crippen molar-refractivity contribution in [3.05, 3.63) is 0 Å². The van der Waals surface area contributed by atoms with Gasteiger partial charge in [0.2, 0.25) is 0 Å². The summed E-state index contributed by atoms with van der Waals surface area (Å²) in [7, 11) is 0. The molecular weight excluding hydrogens is 408 g/mol. The molecule has 0 amide bonds. The quantitative estimate of drug-likeness (QED) is 0.113. The molecule has 6 nitrogen and oxygen atoms in total. The second-order valence-electron chi connectivity index (χ2n) is 8.89. The largest absolute Gasteiger partial charge is 0.393 e. The molecule has 32 heavy (non-hydrogen) atoms. The molecule has 0 saturated heterocycles. The van der Waals surface area contributed by atoms with Crippen molar-refractivity contribution in [2.75, 3.05) is 13.2 Å². The van der Waals surface area contributed by atoms with E-state index in [-0.39, 0.29) is 0 Å². The Labute approximate surface area is 196 Å². The van der Waals surface area contributed by atoms with Gasteiger partial charge in [0.05, 0.1) is 6.61 Å². The summed E-state index contributed by atoms with van der Waals surface area (Å²) >= 11 is 0. The summed E-state index contributed by atoms with van der Waals surface area (Å²) in [4.78, 5) is 23.8. The van der Waals surface area contributed by atoms with E-state index >= 15 is 0 Å². The first-order valence-electron chi connectivity index (χ1n) is 13.2. The molecule has 0 aromatic heterocycles. The average molecular weight is 459 g/mol. The van der Waals surface area contributed by atoms with E-state index in [1.165, 1.54) is 70.6 Å². The van der Waals surface area contributed by atoms with Crippen molar-refractivity contribution in [3.8, 4) is 0 Å². The second-order valence-corrected chi connectivity index (χ2v) is 8.89. The lowest BCUT2D eigenvalue weighted by atomic mass is 10.0. The Morgan fingerprint density at radius 1 is 0.656 bits per heavy atom. The lowest BCUT2D eigenvalue weighted by Gasteiger charge is -2.17. The van der Waals surface area contributed by atoms with Gasteiger partial charge >= 0.3 is 11.9 Å². The Bertz CT molecular complexity index is 440. The monoisotopic (exact) mass is 458 g/mol. The highest BCUT2D eigenvalue weighted by atomic mass is 16.6. The first-order valence-corrected chi connectivity index (χ1v) is 13.2. The highest BCUT2D eigenvalue weighted by Gasteiger charge is 2.26. The van der Waals surface area contributed by atoms with Gasteiger partial charge in [-0.05, 0) is 12.8 Å². The molecule has 0 rings (SSSR count). The van der Waals surface area contributed by atoms with Gasteiger partial charge in [0, 0.05) is 6.61 Å². The SMILES string of the molecule is CCCCCCCCCCCCCCCCC(OCCCCC)C(=O)OC(=O)C(O)CO. The Hall–Kier alpha value is -0.980. The topological polar surface area (TPSA) is 93.1 Å². The summed E-state index contributed by atoms with van der Waals surface area (Å²) in [6, 6.07) is 0. The normalized spacial score (nSPS) is 13.1. The number of aliphatic hydroxyl groups excluding tert-OH is 2. The van der Waals surface area contributed by atoms with Crippen LogP contribution in [0, 0.1) is 0 Å². The smallest absolute Gasteiger partial charge is 0.345 e. The molecule has 0 fully saturated rings. The van der Waals surface area contributed by atoms with E-state index in [2.05, 4.69) is 18.6 Å². The zero-order chi connectivity index (χ0) is 23.9. The molecule has 190 valence electrons. The highest BCUT2D eigenvalue weighted by Crippen LogP contribution is 2.15. The number of esters is 2. The number of aliphatic hydroxyl groups is 2. The van der Waals surface area contributed by atoms with Gasteiger partial charge in [0.25, 0.3) is 0 Å². The maximum Gasteiger partial charge on any atom is 0.345 e. The van der Waals surface area contributed by atoms with Crippen LogP contribution in [0.15, 0.2) is 0 Å². The van der Waals surface area contributed by atoms with Gasteiger partial charge in [-0.2, -0.15) is 0 Å². The highest BCUT2D eigenvalue weighted by molar-refractivity contribution is 5.89. The minimum Gasteiger partial charge on any atom is -0.393 e. The molecule has 2 unspecified atom stereocenters. The van der Waals surface area contributed by atoms with Crippen molar-refractivity contribution in [2.45, 2.75) is 142 Å². The van der Waals surface area contributed by atoms with Crippen molar-refractivity contribution in [1.82, 2.24) is 0 Å². The van der Waals surface area contributed by atoms with E-state index in [9.17, 15) is 14.7 Å². The van der Waals surface area contributed by atoms with Crippen LogP contribution >= 0.6 is 0 Å². The molecule has 0 aromatic carbocycles. The van der Waals surface area contributed by atoms with Crippen molar-refractivity contribution in [2.24, 2.45) is 0 Å². The number of carbonyl (C=O) groups is 2. The summed E-state index contributed by atoms with van der Waals surface area (Å²) in [6.45, 7) is 4.02. The number of carbonyl (C=O) groups excluding carboxylic acids is 2. The molecule has 0 spiro atoms. The summed E-state index contributed by atoms with van der Waals surface area (Å²) in [5.74, 6) is -1.89. The fourth-order valence-electron chi connectivity index (χ4n) is 3.68. The fourth-order valence-corrected chi connectivity index (χ4v) is 3.68. The Morgan fingerprint density at radius 3 is 1.56 bits per heavy atom. The molecular formula is C26H50O6. The molecule has 0 aliphatic heterocycles. The molecule has 0 bridgehead atoms. The number of hydrogen-bond donors (Lipinski definition) is 2. The molecule has 2 N–H and O–H groups in total. The zero-order valence-electron chi connectivity index (χ0n) is 20.8. The summed E-state index contributed by atoms with van der Waals surface area (Å²) in [6.07, 6.45) is 18.6. The molecule has 0 radical (unpaired) electrons. The van der Waals surface area contributed by atoms with Crippen LogP contribution in [0.4, 0.5) is 0 Å². The molecule has 0 aromatic rings. The zero-order valence-corrected chi connectivity index (χ0v) is 20.8. The minimum absolute atomic E-state index is 0.447. The van der Waals surface area contributed by atoms with Crippen LogP contribution < -0.4 is 0 Å². The van der Waals surface area contributed by atoms with Gasteiger partial charge in [-0.25, -0.2) is 9.59 Å². The van der Waals surface area contributed by atoms with E-state index in [4.69, 9.17) is 9.84 Å². The Balaban J connectivity index is 3.90. The number of hydrogen-bond acceptors (Lipinski definition) is 6. The molecule has 0 aliphatic rings. The Morgan fingerprint density at radius 2 is 1.09 bits per heavy atom. The third kappa shape index (κ3) is 18.6. The van der Waals surface area contributed by atoms with Crippen molar-refractivity contribution in [3.63, 3.8) is 0 Å². The van der Waals surface area contributed by atoms with Crippen molar-refractivity contribution in [1.29, 1.82) is 0 Å². The third-order valence-electron chi connectivity index (χ3n) is 5.80. The first kappa shape index (κ1) is 31.0. The van der Waals surface area contributed by atoms with E-state index < -0.39 is 30.8 Å². The van der Waals surface area contributed by atoms with Crippen LogP contribution in [0.2, 0.25) is 0 Å². The van der Waals surface area contributed by atoms with Gasteiger partial charge in [0.15, 0.2) is 12.2 Å². The predicted octanol–water partition coefficient (Wildman–Crippen LogP) is 5.86. The number of unbranched alkanes of at least 4 members (excludes halogenated alkanes) is 15. The van der Waals surface area contributed by atoms with Crippen LogP contribution in [-0.2, 0) is 19.1 Å². The van der Waals surface area contributed by atoms with Gasteiger partial charge < -0.3 is 19.7 Å². The van der Waals surface area contributed by atoms with Crippen LogP contribution in [0.5, 0.6) is 0 Å². The van der Waals surface area contributed by atoms with E-state index in [0.717, 1.165) is 38.5 Å². The van der Waals surface area contributed by atoms with Crippen molar-refractivity contribution < 1.29 is 29.3 Å². The van der Waals surface area contributed by atoms with E-state index in [1.54, 1.807) is 0 Å². The van der Waals surface area contributed by atoms with Crippen LogP contribution in [0.1, 0.15) is 129 Å². The van der Waals surface area contributed by atoms with Crippen LogP contribution in [0.3, 0.4) is 0 Å². The molecule has 0 saturated carbocycles. The standard InChI is InChI=1S/C26H50O6/c1-3-5-7-8-9-10-11-12-13-14-15-16-17-18-20-24(31-21-19-6-4-2)26(30)32-25(29)23(28)22-27/h23-24,27-28H,3-22H2,1-2H3. The van der Waals surface area contributed by atoms with Gasteiger partial charge in [-0.1, -0.05) is 117 Å². The lowest BCUT2D eigenvalue weighted by Crippen LogP contribution is -2.34. The predicted molar refractivity (Wildman–Crippen MR) is 128 cm³/mol. The number of ether oxygens (including phenoxy) is 2. The van der Waals surface area contributed by atoms with Gasteiger partial charge in [-0.15, -0.1) is 0 Å².